The molecule has 0 amide bonds. The number of nitrogen functional groups attached to an aromatic ring is 1. The lowest BCUT2D eigenvalue weighted by Crippen LogP contribution is -1.97. The molecule has 1 aromatic carbocycles. The molecule has 0 aliphatic rings. The predicted molar refractivity (Wildman–Crippen MR) is 80.8 cm³/mol. The van der Waals surface area contributed by atoms with Crippen molar-refractivity contribution >= 4 is 5.82 Å². The summed E-state index contributed by atoms with van der Waals surface area (Å²) in [6.45, 7) is 6.93. The summed E-state index contributed by atoms with van der Waals surface area (Å²) < 4.78 is 10.9. The Morgan fingerprint density at radius 3 is 2.35 bits per heavy atom. The number of nitrogens with zero attached hydrogens (tertiary/aromatic N) is 1. The van der Waals surface area contributed by atoms with E-state index < -0.39 is 0 Å². The van der Waals surface area contributed by atoms with Crippen molar-refractivity contribution in [2.45, 2.75) is 39.5 Å². The molecule has 0 saturated heterocycles. The fraction of sp³-hybridized carbons (Fsp3) is 0.438. The van der Waals surface area contributed by atoms with Crippen LogP contribution in [0.4, 0.5) is 5.82 Å². The molecule has 4 heteroatoms. The highest BCUT2D eigenvalue weighted by Gasteiger charge is 2.21. The van der Waals surface area contributed by atoms with E-state index in [9.17, 15) is 0 Å². The van der Waals surface area contributed by atoms with Gasteiger partial charge in [0.1, 0.15) is 11.5 Å². The minimum absolute atomic E-state index is 0.348. The quantitative estimate of drug-likeness (QED) is 0.856. The van der Waals surface area contributed by atoms with Crippen molar-refractivity contribution in [2.75, 3.05) is 12.3 Å². The largest absolute Gasteiger partial charge is 0.494 e. The van der Waals surface area contributed by atoms with Crippen LogP contribution in [0, 0.1) is 0 Å². The van der Waals surface area contributed by atoms with Crippen LogP contribution in [-0.4, -0.2) is 11.8 Å². The van der Waals surface area contributed by atoms with Gasteiger partial charge in [0.25, 0.3) is 0 Å². The van der Waals surface area contributed by atoms with E-state index in [1.807, 2.05) is 31.2 Å². The topological polar surface area (TPSA) is 61.3 Å². The molecule has 0 atom stereocenters. The fourth-order valence-electron chi connectivity index (χ4n) is 2.43. The zero-order chi connectivity index (χ0) is 14.5. The summed E-state index contributed by atoms with van der Waals surface area (Å²) in [5.41, 5.74) is 7.92. The van der Waals surface area contributed by atoms with Gasteiger partial charge in [-0.3, -0.25) is 0 Å². The third-order valence-corrected chi connectivity index (χ3v) is 3.56. The Morgan fingerprint density at radius 1 is 1.15 bits per heavy atom. The molecule has 20 heavy (non-hydrogen) atoms. The van der Waals surface area contributed by atoms with Gasteiger partial charge in [0.05, 0.1) is 12.2 Å². The second-order valence-electron chi connectivity index (χ2n) is 4.78. The number of benzene rings is 1. The first-order valence-corrected chi connectivity index (χ1v) is 7.19. The molecule has 0 radical (unpaired) electrons. The van der Waals surface area contributed by atoms with Crippen molar-refractivity contribution in [2.24, 2.45) is 0 Å². The SMILES string of the molecule is CCOc1ccc(-c2c(N)noc2C(CC)CC)cc1. The maximum absolute atomic E-state index is 5.98. The minimum Gasteiger partial charge on any atom is -0.494 e. The van der Waals surface area contributed by atoms with E-state index in [2.05, 4.69) is 19.0 Å². The Morgan fingerprint density at radius 2 is 1.80 bits per heavy atom. The summed E-state index contributed by atoms with van der Waals surface area (Å²) in [6, 6.07) is 7.89. The Balaban J connectivity index is 2.38. The van der Waals surface area contributed by atoms with Crippen molar-refractivity contribution in [3.63, 3.8) is 0 Å². The van der Waals surface area contributed by atoms with Crippen LogP contribution in [0.15, 0.2) is 28.8 Å². The molecule has 0 unspecified atom stereocenters. The lowest BCUT2D eigenvalue weighted by atomic mass is 9.94. The normalized spacial score (nSPS) is 11.0. The number of anilines is 1. The maximum atomic E-state index is 5.98. The van der Waals surface area contributed by atoms with Gasteiger partial charge in [-0.15, -0.1) is 0 Å². The second kappa shape index (κ2) is 6.46. The maximum Gasteiger partial charge on any atom is 0.175 e. The lowest BCUT2D eigenvalue weighted by molar-refractivity contribution is 0.340. The second-order valence-corrected chi connectivity index (χ2v) is 4.78. The first-order valence-electron chi connectivity index (χ1n) is 7.19. The molecule has 2 aromatic rings. The summed E-state index contributed by atoms with van der Waals surface area (Å²) in [5, 5.41) is 3.94. The number of rotatable bonds is 6. The Hall–Kier alpha value is -1.97. The van der Waals surface area contributed by atoms with Crippen molar-refractivity contribution in [3.8, 4) is 16.9 Å². The molecule has 1 aromatic heterocycles. The smallest absolute Gasteiger partial charge is 0.175 e. The first kappa shape index (κ1) is 14.4. The van der Waals surface area contributed by atoms with Gasteiger partial charge in [-0.05, 0) is 37.5 Å². The molecule has 0 aliphatic carbocycles. The third kappa shape index (κ3) is 2.79. The molecular weight excluding hydrogens is 252 g/mol. The molecule has 0 bridgehead atoms. The Labute approximate surface area is 119 Å². The highest BCUT2D eigenvalue weighted by Crippen LogP contribution is 2.37. The van der Waals surface area contributed by atoms with Crippen LogP contribution in [-0.2, 0) is 0 Å². The van der Waals surface area contributed by atoms with Crippen LogP contribution >= 0.6 is 0 Å². The molecule has 2 N–H and O–H groups in total. The molecular formula is C16H22N2O2. The van der Waals surface area contributed by atoms with E-state index in [1.165, 1.54) is 0 Å². The van der Waals surface area contributed by atoms with Crippen LogP contribution in [0.25, 0.3) is 11.1 Å². The Kier molecular flexibility index (Phi) is 4.66. The van der Waals surface area contributed by atoms with E-state index >= 15 is 0 Å². The fourth-order valence-corrected chi connectivity index (χ4v) is 2.43. The van der Waals surface area contributed by atoms with Crippen molar-refractivity contribution in [1.29, 1.82) is 0 Å². The monoisotopic (exact) mass is 274 g/mol. The van der Waals surface area contributed by atoms with E-state index in [-0.39, 0.29) is 0 Å². The number of ether oxygens (including phenoxy) is 1. The minimum atomic E-state index is 0.348. The van der Waals surface area contributed by atoms with Crippen molar-refractivity contribution in [3.05, 3.63) is 30.0 Å². The molecule has 0 fully saturated rings. The lowest BCUT2D eigenvalue weighted by Gasteiger charge is -2.11. The summed E-state index contributed by atoms with van der Waals surface area (Å²) in [5.74, 6) is 2.55. The number of hydrogen-bond donors (Lipinski definition) is 1. The highest BCUT2D eigenvalue weighted by molar-refractivity contribution is 5.76. The molecule has 2 rings (SSSR count). The zero-order valence-electron chi connectivity index (χ0n) is 12.3. The average Bonchev–Trinajstić information content (AvgIpc) is 2.84. The third-order valence-electron chi connectivity index (χ3n) is 3.56. The number of hydrogen-bond acceptors (Lipinski definition) is 4. The van der Waals surface area contributed by atoms with Gasteiger partial charge in [-0.1, -0.05) is 31.1 Å². The molecule has 1 heterocycles. The van der Waals surface area contributed by atoms with Crippen LogP contribution in [0.5, 0.6) is 5.75 Å². The zero-order valence-corrected chi connectivity index (χ0v) is 12.3. The van der Waals surface area contributed by atoms with E-state index in [1.54, 1.807) is 0 Å². The summed E-state index contributed by atoms with van der Waals surface area (Å²) in [4.78, 5) is 0. The van der Waals surface area contributed by atoms with Crippen molar-refractivity contribution < 1.29 is 9.26 Å². The average molecular weight is 274 g/mol. The number of aromatic nitrogens is 1. The van der Waals surface area contributed by atoms with Gasteiger partial charge in [-0.2, -0.15) is 0 Å². The van der Waals surface area contributed by atoms with Crippen LogP contribution < -0.4 is 10.5 Å². The first-order chi connectivity index (χ1) is 9.71. The Bertz CT molecular complexity index is 542. The predicted octanol–water partition coefficient (Wildman–Crippen LogP) is 4.23. The van der Waals surface area contributed by atoms with Crippen molar-refractivity contribution in [1.82, 2.24) is 5.16 Å². The molecule has 0 spiro atoms. The van der Waals surface area contributed by atoms with E-state index in [0.29, 0.717) is 18.3 Å². The standard InChI is InChI=1S/C16H22N2O2/c1-4-11(5-2)15-14(16(17)18-20-15)12-7-9-13(10-8-12)19-6-3/h7-11H,4-6H2,1-3H3,(H2,17,18). The summed E-state index contributed by atoms with van der Waals surface area (Å²) in [7, 11) is 0. The molecule has 4 nitrogen and oxygen atoms in total. The van der Waals surface area contributed by atoms with Crippen LogP contribution in [0.2, 0.25) is 0 Å². The summed E-state index contributed by atoms with van der Waals surface area (Å²) in [6.07, 6.45) is 2.02. The summed E-state index contributed by atoms with van der Waals surface area (Å²) >= 11 is 0. The van der Waals surface area contributed by atoms with E-state index in [4.69, 9.17) is 15.0 Å². The van der Waals surface area contributed by atoms with Gasteiger partial charge >= 0.3 is 0 Å². The van der Waals surface area contributed by atoms with Gasteiger partial charge < -0.3 is 15.0 Å². The highest BCUT2D eigenvalue weighted by atomic mass is 16.5. The van der Waals surface area contributed by atoms with E-state index in [0.717, 1.165) is 35.5 Å². The van der Waals surface area contributed by atoms with Gasteiger partial charge in [0.15, 0.2) is 5.82 Å². The van der Waals surface area contributed by atoms with Crippen LogP contribution in [0.3, 0.4) is 0 Å². The van der Waals surface area contributed by atoms with Crippen LogP contribution in [0.1, 0.15) is 45.3 Å². The van der Waals surface area contributed by atoms with Gasteiger partial charge in [0, 0.05) is 5.92 Å². The molecule has 0 saturated carbocycles. The van der Waals surface area contributed by atoms with Gasteiger partial charge in [0.2, 0.25) is 0 Å². The number of nitrogens with two attached hydrogens (primary N) is 1. The molecule has 108 valence electrons. The van der Waals surface area contributed by atoms with Gasteiger partial charge in [-0.25, -0.2) is 0 Å². The molecule has 0 aliphatic heterocycles.